The van der Waals surface area contributed by atoms with E-state index in [4.69, 9.17) is 0 Å². The monoisotopic (exact) mass is 235 g/mol. The molecule has 92 valence electrons. The molecule has 0 aliphatic carbocycles. The summed E-state index contributed by atoms with van der Waals surface area (Å²) < 4.78 is 3.27. The third-order valence-electron chi connectivity index (χ3n) is 2.79. The first-order valence-corrected chi connectivity index (χ1v) is 5.76. The highest BCUT2D eigenvalue weighted by Crippen LogP contribution is 2.03. The largest absolute Gasteiger partial charge is 0.320 e. The summed E-state index contributed by atoms with van der Waals surface area (Å²) in [6.07, 6.45) is 5.20. The zero-order chi connectivity index (χ0) is 12.3. The molecule has 0 amide bonds. The first-order chi connectivity index (χ1) is 8.24. The minimum atomic E-state index is -0.00689. The zero-order valence-electron chi connectivity index (χ0n) is 10.2. The molecule has 2 aromatic heterocycles. The summed E-state index contributed by atoms with van der Waals surface area (Å²) in [5, 5.41) is 7.71. The van der Waals surface area contributed by atoms with Crippen molar-refractivity contribution >= 4 is 11.0 Å². The lowest BCUT2D eigenvalue weighted by molar-refractivity contribution is 0.574. The molecule has 0 fully saturated rings. The Bertz CT molecular complexity index is 556. The van der Waals surface area contributed by atoms with Crippen molar-refractivity contribution in [1.29, 1.82) is 0 Å². The Balaban J connectivity index is 2.18. The predicted molar refractivity (Wildman–Crippen MR) is 65.9 cm³/mol. The molecular formula is C11H17N5O. The molecule has 2 rings (SSSR count). The highest BCUT2D eigenvalue weighted by atomic mass is 16.1. The molecule has 0 saturated carbocycles. The van der Waals surface area contributed by atoms with Gasteiger partial charge in [-0.3, -0.25) is 14.0 Å². The van der Waals surface area contributed by atoms with Crippen LogP contribution < -0.4 is 10.9 Å². The standard InChI is InChI=1S/C11H17N5O/c1-12-5-3-4-6-16-8-13-10-9(11(16)17)7-14-15(10)2/h7-8,12H,3-6H2,1-2H3. The topological polar surface area (TPSA) is 64.7 Å². The van der Waals surface area contributed by atoms with Gasteiger partial charge in [-0.15, -0.1) is 0 Å². The Morgan fingerprint density at radius 3 is 3.00 bits per heavy atom. The van der Waals surface area contributed by atoms with Crippen LogP contribution in [-0.2, 0) is 13.6 Å². The van der Waals surface area contributed by atoms with E-state index in [1.165, 1.54) is 0 Å². The normalized spacial score (nSPS) is 11.2. The lowest BCUT2D eigenvalue weighted by Gasteiger charge is -2.04. The average molecular weight is 235 g/mol. The number of fused-ring (bicyclic) bond motifs is 1. The minimum Gasteiger partial charge on any atom is -0.320 e. The maximum Gasteiger partial charge on any atom is 0.264 e. The first-order valence-electron chi connectivity index (χ1n) is 5.76. The van der Waals surface area contributed by atoms with Gasteiger partial charge < -0.3 is 5.32 Å². The van der Waals surface area contributed by atoms with Crippen molar-refractivity contribution in [2.75, 3.05) is 13.6 Å². The van der Waals surface area contributed by atoms with Gasteiger partial charge in [-0.05, 0) is 26.4 Å². The lowest BCUT2D eigenvalue weighted by Crippen LogP contribution is -2.21. The Morgan fingerprint density at radius 1 is 1.41 bits per heavy atom. The number of nitrogens with zero attached hydrogens (tertiary/aromatic N) is 4. The molecule has 0 aromatic carbocycles. The zero-order valence-corrected chi connectivity index (χ0v) is 10.2. The first kappa shape index (κ1) is 11.8. The van der Waals surface area contributed by atoms with Gasteiger partial charge in [0.05, 0.1) is 12.5 Å². The van der Waals surface area contributed by atoms with Crippen LogP contribution in [0.1, 0.15) is 12.8 Å². The van der Waals surface area contributed by atoms with E-state index in [1.807, 2.05) is 7.05 Å². The lowest BCUT2D eigenvalue weighted by atomic mass is 10.3. The van der Waals surface area contributed by atoms with Crippen LogP contribution in [-0.4, -0.2) is 32.9 Å². The number of nitrogens with one attached hydrogen (secondary N) is 1. The fraction of sp³-hybridized carbons (Fsp3) is 0.545. The van der Waals surface area contributed by atoms with Crippen LogP contribution in [0.4, 0.5) is 0 Å². The molecule has 2 heterocycles. The number of rotatable bonds is 5. The van der Waals surface area contributed by atoms with Gasteiger partial charge in [0.1, 0.15) is 5.39 Å². The molecule has 6 nitrogen and oxygen atoms in total. The van der Waals surface area contributed by atoms with E-state index in [0.29, 0.717) is 17.6 Å². The molecule has 0 saturated heterocycles. The number of aromatic nitrogens is 4. The molecule has 0 radical (unpaired) electrons. The van der Waals surface area contributed by atoms with E-state index < -0.39 is 0 Å². The van der Waals surface area contributed by atoms with Crippen LogP contribution in [0.15, 0.2) is 17.3 Å². The fourth-order valence-electron chi connectivity index (χ4n) is 1.81. The Hall–Kier alpha value is -1.69. The predicted octanol–water partition coefficient (Wildman–Crippen LogP) is 0.130. The van der Waals surface area contributed by atoms with Gasteiger partial charge in [0, 0.05) is 13.6 Å². The molecule has 17 heavy (non-hydrogen) atoms. The molecule has 0 spiro atoms. The molecule has 0 unspecified atom stereocenters. The van der Waals surface area contributed by atoms with E-state index in [9.17, 15) is 4.79 Å². The molecule has 0 atom stereocenters. The summed E-state index contributed by atoms with van der Waals surface area (Å²) in [6.45, 7) is 1.68. The van der Waals surface area contributed by atoms with E-state index in [-0.39, 0.29) is 5.56 Å². The average Bonchev–Trinajstić information content (AvgIpc) is 2.70. The molecular weight excluding hydrogens is 218 g/mol. The van der Waals surface area contributed by atoms with Gasteiger partial charge in [0.15, 0.2) is 5.65 Å². The van der Waals surface area contributed by atoms with E-state index in [2.05, 4.69) is 15.4 Å². The minimum absolute atomic E-state index is 0.00689. The summed E-state index contributed by atoms with van der Waals surface area (Å²) in [7, 11) is 3.71. The molecule has 1 N–H and O–H groups in total. The Labute approximate surface area is 99.3 Å². The van der Waals surface area contributed by atoms with Gasteiger partial charge in [0.25, 0.3) is 5.56 Å². The second-order valence-corrected chi connectivity index (χ2v) is 4.06. The second-order valence-electron chi connectivity index (χ2n) is 4.06. The van der Waals surface area contributed by atoms with Crippen LogP contribution in [0.25, 0.3) is 11.0 Å². The third-order valence-corrected chi connectivity index (χ3v) is 2.79. The molecule has 6 heteroatoms. The highest BCUT2D eigenvalue weighted by Gasteiger charge is 2.07. The van der Waals surface area contributed by atoms with E-state index in [0.717, 1.165) is 19.4 Å². The van der Waals surface area contributed by atoms with Gasteiger partial charge in [-0.1, -0.05) is 0 Å². The van der Waals surface area contributed by atoms with Crippen molar-refractivity contribution < 1.29 is 0 Å². The summed E-state index contributed by atoms with van der Waals surface area (Å²) in [4.78, 5) is 16.3. The van der Waals surface area contributed by atoms with Crippen molar-refractivity contribution in [1.82, 2.24) is 24.6 Å². The summed E-state index contributed by atoms with van der Waals surface area (Å²) in [6, 6.07) is 0. The van der Waals surface area contributed by atoms with E-state index in [1.54, 1.807) is 28.8 Å². The second kappa shape index (κ2) is 5.09. The number of hydrogen-bond donors (Lipinski definition) is 1. The highest BCUT2D eigenvalue weighted by molar-refractivity contribution is 5.72. The van der Waals surface area contributed by atoms with Crippen molar-refractivity contribution in [3.63, 3.8) is 0 Å². The SMILES string of the molecule is CNCCCCn1cnc2c(cnn2C)c1=O. The molecule has 0 aliphatic heterocycles. The van der Waals surface area contributed by atoms with Crippen LogP contribution in [0, 0.1) is 0 Å². The number of aryl methyl sites for hydroxylation is 2. The quantitative estimate of drug-likeness (QED) is 0.748. The number of hydrogen-bond acceptors (Lipinski definition) is 4. The maximum absolute atomic E-state index is 12.1. The van der Waals surface area contributed by atoms with Crippen molar-refractivity contribution in [2.45, 2.75) is 19.4 Å². The molecule has 2 aromatic rings. The smallest absolute Gasteiger partial charge is 0.264 e. The molecule has 0 bridgehead atoms. The summed E-state index contributed by atoms with van der Waals surface area (Å²) in [5.41, 5.74) is 0.633. The van der Waals surface area contributed by atoms with Gasteiger partial charge >= 0.3 is 0 Å². The Morgan fingerprint density at radius 2 is 2.24 bits per heavy atom. The van der Waals surface area contributed by atoms with Crippen LogP contribution in [0.5, 0.6) is 0 Å². The van der Waals surface area contributed by atoms with Crippen molar-refractivity contribution in [2.24, 2.45) is 7.05 Å². The van der Waals surface area contributed by atoms with Crippen molar-refractivity contribution in [3.8, 4) is 0 Å². The van der Waals surface area contributed by atoms with Crippen LogP contribution in [0.2, 0.25) is 0 Å². The summed E-state index contributed by atoms with van der Waals surface area (Å²) in [5.74, 6) is 0. The van der Waals surface area contributed by atoms with E-state index >= 15 is 0 Å². The van der Waals surface area contributed by atoms with Gasteiger partial charge in [-0.25, -0.2) is 4.98 Å². The van der Waals surface area contributed by atoms with Crippen molar-refractivity contribution in [3.05, 3.63) is 22.9 Å². The van der Waals surface area contributed by atoms with Crippen LogP contribution in [0.3, 0.4) is 0 Å². The number of unbranched alkanes of at least 4 members (excludes halogenated alkanes) is 1. The van der Waals surface area contributed by atoms with Gasteiger partial charge in [-0.2, -0.15) is 5.10 Å². The maximum atomic E-state index is 12.1. The fourth-order valence-corrected chi connectivity index (χ4v) is 1.81. The van der Waals surface area contributed by atoms with Gasteiger partial charge in [0.2, 0.25) is 0 Å². The Kier molecular flexibility index (Phi) is 3.53. The third kappa shape index (κ3) is 2.36. The molecule has 0 aliphatic rings. The summed E-state index contributed by atoms with van der Waals surface area (Å²) >= 11 is 0. The van der Waals surface area contributed by atoms with Crippen LogP contribution >= 0.6 is 0 Å².